The Morgan fingerprint density at radius 1 is 1.69 bits per heavy atom. The smallest absolute Gasteiger partial charge is 0.0942 e. The van der Waals surface area contributed by atoms with Gasteiger partial charge in [0.25, 0.3) is 0 Å². The summed E-state index contributed by atoms with van der Waals surface area (Å²) in [6, 6.07) is 2.15. The molecular formula is C9H13NOS2. The summed E-state index contributed by atoms with van der Waals surface area (Å²) in [5.41, 5.74) is 1.37. The predicted molar refractivity (Wildman–Crippen MR) is 57.1 cm³/mol. The van der Waals surface area contributed by atoms with Crippen molar-refractivity contribution >= 4 is 22.3 Å². The molecule has 0 saturated carbocycles. The summed E-state index contributed by atoms with van der Waals surface area (Å²) in [6.45, 7) is 3.80. The maximum absolute atomic E-state index is 11.5. The largest absolute Gasteiger partial charge is 0.243 e. The molecule has 1 aliphatic heterocycles. The van der Waals surface area contributed by atoms with Crippen molar-refractivity contribution in [1.29, 1.82) is 0 Å². The van der Waals surface area contributed by atoms with E-state index >= 15 is 0 Å². The van der Waals surface area contributed by atoms with Gasteiger partial charge in [-0.15, -0.1) is 11.3 Å². The summed E-state index contributed by atoms with van der Waals surface area (Å²) in [7, 11) is -0.767. The zero-order valence-electron chi connectivity index (χ0n) is 7.66. The fourth-order valence-electron chi connectivity index (χ4n) is 1.58. The molecular weight excluding hydrogens is 202 g/mol. The lowest BCUT2D eigenvalue weighted by molar-refractivity contribution is 0.425. The minimum absolute atomic E-state index is 0.736. The Morgan fingerprint density at radius 3 is 3.31 bits per heavy atom. The molecule has 0 radical (unpaired) electrons. The average Bonchev–Trinajstić information content (AvgIpc) is 2.63. The van der Waals surface area contributed by atoms with Crippen LogP contribution in [-0.2, 0) is 24.0 Å². The van der Waals surface area contributed by atoms with Crippen molar-refractivity contribution in [2.24, 2.45) is 0 Å². The molecule has 0 saturated heterocycles. The van der Waals surface area contributed by atoms with Gasteiger partial charge in [-0.05, 0) is 23.4 Å². The number of rotatable bonds is 2. The van der Waals surface area contributed by atoms with Crippen molar-refractivity contribution < 1.29 is 4.21 Å². The van der Waals surface area contributed by atoms with Crippen LogP contribution in [-0.4, -0.2) is 20.8 Å². The summed E-state index contributed by atoms with van der Waals surface area (Å²) in [6.07, 6.45) is 1.07. The lowest BCUT2D eigenvalue weighted by Crippen LogP contribution is -2.32. The number of nitrogens with zero attached hydrogens (tertiary/aromatic N) is 1. The minimum atomic E-state index is -0.767. The monoisotopic (exact) mass is 215 g/mol. The second-order valence-electron chi connectivity index (χ2n) is 3.09. The highest BCUT2D eigenvalue weighted by Gasteiger charge is 2.19. The predicted octanol–water partition coefficient (Wildman–Crippen LogP) is 1.79. The highest BCUT2D eigenvalue weighted by molar-refractivity contribution is 7.82. The van der Waals surface area contributed by atoms with Crippen LogP contribution in [0.2, 0.25) is 0 Å². The Balaban J connectivity index is 2.13. The van der Waals surface area contributed by atoms with E-state index in [0.717, 1.165) is 25.3 Å². The first kappa shape index (κ1) is 9.37. The Labute approximate surface area is 85.2 Å². The number of hydrogen-bond acceptors (Lipinski definition) is 2. The molecule has 4 heteroatoms. The second-order valence-corrected chi connectivity index (χ2v) is 5.83. The molecule has 0 bridgehead atoms. The standard InChI is InChI=1S/C9H13NOS2/c1-2-13(11)10-5-3-9-8(7-10)4-6-12-9/h4,6H,2-3,5,7H2,1H3. The van der Waals surface area contributed by atoms with Crippen LogP contribution < -0.4 is 0 Å². The third kappa shape index (κ3) is 1.85. The molecule has 0 aromatic carbocycles. The van der Waals surface area contributed by atoms with Crippen molar-refractivity contribution in [2.45, 2.75) is 19.9 Å². The van der Waals surface area contributed by atoms with Gasteiger partial charge in [0.1, 0.15) is 0 Å². The maximum Gasteiger partial charge on any atom is 0.0942 e. The summed E-state index contributed by atoms with van der Waals surface area (Å²) in [4.78, 5) is 1.48. The highest BCUT2D eigenvalue weighted by atomic mass is 32.2. The van der Waals surface area contributed by atoms with Gasteiger partial charge >= 0.3 is 0 Å². The molecule has 0 spiro atoms. The zero-order chi connectivity index (χ0) is 9.26. The first-order chi connectivity index (χ1) is 6.31. The van der Waals surface area contributed by atoms with E-state index in [-0.39, 0.29) is 0 Å². The third-order valence-electron chi connectivity index (χ3n) is 2.31. The van der Waals surface area contributed by atoms with Crippen LogP contribution in [0.15, 0.2) is 11.4 Å². The molecule has 2 heterocycles. The zero-order valence-corrected chi connectivity index (χ0v) is 9.29. The molecule has 1 aromatic rings. The van der Waals surface area contributed by atoms with Crippen LogP contribution in [0.1, 0.15) is 17.4 Å². The van der Waals surface area contributed by atoms with Crippen molar-refractivity contribution in [3.63, 3.8) is 0 Å². The van der Waals surface area contributed by atoms with Gasteiger partial charge in [0, 0.05) is 23.7 Å². The van der Waals surface area contributed by atoms with Crippen LogP contribution in [0, 0.1) is 0 Å². The van der Waals surface area contributed by atoms with E-state index in [4.69, 9.17) is 0 Å². The van der Waals surface area contributed by atoms with Crippen LogP contribution in [0.5, 0.6) is 0 Å². The first-order valence-corrected chi connectivity index (χ1v) is 6.65. The minimum Gasteiger partial charge on any atom is -0.243 e. The summed E-state index contributed by atoms with van der Waals surface area (Å²) in [5, 5.41) is 2.13. The van der Waals surface area contributed by atoms with E-state index in [1.807, 2.05) is 18.3 Å². The van der Waals surface area contributed by atoms with Gasteiger partial charge in [0.15, 0.2) is 0 Å². The Bertz CT molecular complexity index is 321. The Kier molecular flexibility index (Phi) is 2.81. The molecule has 1 aromatic heterocycles. The van der Waals surface area contributed by atoms with Gasteiger partial charge in [-0.1, -0.05) is 6.92 Å². The normalized spacial score (nSPS) is 19.8. The highest BCUT2D eigenvalue weighted by Crippen LogP contribution is 2.24. The second kappa shape index (κ2) is 3.90. The van der Waals surface area contributed by atoms with E-state index < -0.39 is 11.0 Å². The molecule has 2 rings (SSSR count). The number of hydrogen-bond donors (Lipinski definition) is 0. The molecule has 0 amide bonds. The van der Waals surface area contributed by atoms with Crippen LogP contribution in [0.25, 0.3) is 0 Å². The molecule has 0 fully saturated rings. The Hall–Kier alpha value is -0.190. The average molecular weight is 215 g/mol. The molecule has 72 valence electrons. The molecule has 1 atom stereocenters. The Morgan fingerprint density at radius 2 is 2.54 bits per heavy atom. The molecule has 0 aliphatic carbocycles. The third-order valence-corrected chi connectivity index (χ3v) is 4.71. The van der Waals surface area contributed by atoms with Gasteiger partial charge in [0.05, 0.1) is 11.0 Å². The van der Waals surface area contributed by atoms with Crippen molar-refractivity contribution in [1.82, 2.24) is 4.31 Å². The van der Waals surface area contributed by atoms with E-state index in [0.29, 0.717) is 0 Å². The first-order valence-electron chi connectivity index (χ1n) is 4.50. The maximum atomic E-state index is 11.5. The molecule has 13 heavy (non-hydrogen) atoms. The van der Waals surface area contributed by atoms with E-state index in [1.54, 1.807) is 0 Å². The lowest BCUT2D eigenvalue weighted by atomic mass is 10.1. The van der Waals surface area contributed by atoms with Gasteiger partial charge in [0.2, 0.25) is 0 Å². The molecule has 1 unspecified atom stereocenters. The van der Waals surface area contributed by atoms with Crippen LogP contribution in [0.3, 0.4) is 0 Å². The van der Waals surface area contributed by atoms with Crippen LogP contribution >= 0.6 is 11.3 Å². The molecule has 2 nitrogen and oxygen atoms in total. The van der Waals surface area contributed by atoms with E-state index in [2.05, 4.69) is 15.8 Å². The lowest BCUT2D eigenvalue weighted by Gasteiger charge is -2.24. The van der Waals surface area contributed by atoms with Gasteiger partial charge in [-0.3, -0.25) is 0 Å². The van der Waals surface area contributed by atoms with E-state index in [9.17, 15) is 4.21 Å². The van der Waals surface area contributed by atoms with Gasteiger partial charge < -0.3 is 0 Å². The van der Waals surface area contributed by atoms with Gasteiger partial charge in [-0.25, -0.2) is 8.51 Å². The summed E-state index contributed by atoms with van der Waals surface area (Å²) in [5.74, 6) is 0.736. The van der Waals surface area contributed by atoms with Crippen molar-refractivity contribution in [2.75, 3.05) is 12.3 Å². The summed E-state index contributed by atoms with van der Waals surface area (Å²) >= 11 is 1.82. The fraction of sp³-hybridized carbons (Fsp3) is 0.556. The molecule has 0 N–H and O–H groups in total. The van der Waals surface area contributed by atoms with Crippen molar-refractivity contribution in [3.8, 4) is 0 Å². The topological polar surface area (TPSA) is 20.3 Å². The quantitative estimate of drug-likeness (QED) is 0.736. The van der Waals surface area contributed by atoms with Crippen molar-refractivity contribution in [3.05, 3.63) is 21.9 Å². The summed E-state index contributed by atoms with van der Waals surface area (Å²) < 4.78 is 13.6. The van der Waals surface area contributed by atoms with Gasteiger partial charge in [-0.2, -0.15) is 0 Å². The molecule has 1 aliphatic rings. The van der Waals surface area contributed by atoms with Crippen LogP contribution in [0.4, 0.5) is 0 Å². The SMILES string of the molecule is CCS(=O)N1CCc2sccc2C1. The fourth-order valence-corrected chi connectivity index (χ4v) is 3.41. The van der Waals surface area contributed by atoms with E-state index in [1.165, 1.54) is 10.4 Å². The number of thiophene rings is 1. The number of fused-ring (bicyclic) bond motifs is 1.